The van der Waals surface area contributed by atoms with Crippen LogP contribution in [0.15, 0.2) is 36.5 Å². The van der Waals surface area contributed by atoms with E-state index in [-0.39, 0.29) is 11.9 Å². The van der Waals surface area contributed by atoms with Gasteiger partial charge < -0.3 is 9.80 Å². The molecule has 1 fully saturated rings. The number of likely N-dealkylation sites (N-methyl/N-ethyl adjacent to an activating group) is 1. The summed E-state index contributed by atoms with van der Waals surface area (Å²) < 4.78 is 0. The number of H-pyrrole nitrogens is 1. The Labute approximate surface area is 117 Å². The first-order chi connectivity index (χ1) is 9.75. The molecule has 0 aliphatic carbocycles. The van der Waals surface area contributed by atoms with Gasteiger partial charge in [0.1, 0.15) is 0 Å². The number of hydrogen-bond acceptors (Lipinski definition) is 4. The number of piperazine rings is 1. The van der Waals surface area contributed by atoms with Crippen molar-refractivity contribution >= 4 is 5.91 Å². The van der Waals surface area contributed by atoms with E-state index >= 15 is 0 Å². The fourth-order valence-corrected chi connectivity index (χ4v) is 2.57. The van der Waals surface area contributed by atoms with Gasteiger partial charge in [0.05, 0.1) is 12.2 Å². The average Bonchev–Trinajstić information content (AvgIpc) is 3.02. The number of benzene rings is 1. The van der Waals surface area contributed by atoms with Gasteiger partial charge in [-0.3, -0.25) is 4.79 Å². The van der Waals surface area contributed by atoms with Gasteiger partial charge in [0.25, 0.3) is 5.91 Å². The van der Waals surface area contributed by atoms with Gasteiger partial charge in [-0.25, -0.2) is 0 Å². The molecule has 1 saturated heterocycles. The van der Waals surface area contributed by atoms with Crippen molar-refractivity contribution in [2.75, 3.05) is 26.7 Å². The van der Waals surface area contributed by atoms with E-state index in [1.807, 2.05) is 23.1 Å². The third-order valence-corrected chi connectivity index (χ3v) is 3.66. The van der Waals surface area contributed by atoms with Crippen LogP contribution >= 0.6 is 0 Å². The standard InChI is InChI=1S/C14H17N5O/c1-18-7-8-19(14(20)12-9-15-17-16-12)13(10-18)11-5-3-2-4-6-11/h2-6,9,13H,7-8,10H2,1H3,(H,15,16,17). The first kappa shape index (κ1) is 12.8. The molecule has 6 nitrogen and oxygen atoms in total. The van der Waals surface area contributed by atoms with Gasteiger partial charge in [-0.1, -0.05) is 30.3 Å². The Morgan fingerprint density at radius 1 is 1.30 bits per heavy atom. The minimum atomic E-state index is -0.0688. The summed E-state index contributed by atoms with van der Waals surface area (Å²) in [6.45, 7) is 2.39. The lowest BCUT2D eigenvalue weighted by atomic mass is 10.0. The van der Waals surface area contributed by atoms with Gasteiger partial charge >= 0.3 is 0 Å². The van der Waals surface area contributed by atoms with E-state index in [0.717, 1.165) is 18.7 Å². The summed E-state index contributed by atoms with van der Waals surface area (Å²) in [6.07, 6.45) is 1.47. The van der Waals surface area contributed by atoms with Crippen molar-refractivity contribution < 1.29 is 4.79 Å². The van der Waals surface area contributed by atoms with Crippen molar-refractivity contribution in [1.82, 2.24) is 25.2 Å². The Hall–Kier alpha value is -2.21. The molecule has 2 aromatic rings. The van der Waals surface area contributed by atoms with Gasteiger partial charge in [0.15, 0.2) is 5.69 Å². The van der Waals surface area contributed by atoms with Crippen LogP contribution in [0.4, 0.5) is 0 Å². The molecule has 1 N–H and O–H groups in total. The lowest BCUT2D eigenvalue weighted by Crippen LogP contribution is -2.49. The fraction of sp³-hybridized carbons (Fsp3) is 0.357. The zero-order valence-electron chi connectivity index (χ0n) is 11.4. The van der Waals surface area contributed by atoms with Gasteiger partial charge in [0.2, 0.25) is 0 Å². The molecule has 1 unspecified atom stereocenters. The molecule has 3 rings (SSSR count). The predicted octanol–water partition coefficient (Wildman–Crippen LogP) is 0.934. The van der Waals surface area contributed by atoms with Crippen molar-refractivity contribution in [3.05, 3.63) is 47.8 Å². The highest BCUT2D eigenvalue weighted by molar-refractivity contribution is 5.92. The molecule has 1 atom stereocenters. The number of aromatic amines is 1. The molecule has 2 heterocycles. The summed E-state index contributed by atoms with van der Waals surface area (Å²) in [5, 5.41) is 10.1. The number of hydrogen-bond donors (Lipinski definition) is 1. The normalized spacial score (nSPS) is 20.1. The molecule has 0 spiro atoms. The summed E-state index contributed by atoms with van der Waals surface area (Å²) in [6, 6.07) is 10.2. The van der Waals surface area contributed by atoms with Crippen molar-refractivity contribution in [2.24, 2.45) is 0 Å². The maximum Gasteiger partial charge on any atom is 0.276 e. The van der Waals surface area contributed by atoms with Gasteiger partial charge in [-0.15, -0.1) is 0 Å². The zero-order valence-corrected chi connectivity index (χ0v) is 11.4. The third-order valence-electron chi connectivity index (χ3n) is 3.66. The summed E-state index contributed by atoms with van der Waals surface area (Å²) in [5.41, 5.74) is 1.52. The number of amides is 1. The summed E-state index contributed by atoms with van der Waals surface area (Å²) in [4.78, 5) is 16.7. The number of nitrogens with zero attached hydrogens (tertiary/aromatic N) is 4. The molecule has 20 heavy (non-hydrogen) atoms. The maximum atomic E-state index is 12.5. The Balaban J connectivity index is 1.89. The van der Waals surface area contributed by atoms with E-state index in [1.54, 1.807) is 0 Å². The Kier molecular flexibility index (Phi) is 3.47. The van der Waals surface area contributed by atoms with Crippen molar-refractivity contribution in [3.8, 4) is 0 Å². The minimum Gasteiger partial charge on any atom is -0.328 e. The highest BCUT2D eigenvalue weighted by Gasteiger charge is 2.31. The number of carbonyl (C=O) groups excluding carboxylic acids is 1. The van der Waals surface area contributed by atoms with Crippen LogP contribution < -0.4 is 0 Å². The highest BCUT2D eigenvalue weighted by atomic mass is 16.2. The van der Waals surface area contributed by atoms with Crippen LogP contribution in [0.2, 0.25) is 0 Å². The Morgan fingerprint density at radius 3 is 2.80 bits per heavy atom. The van der Waals surface area contributed by atoms with Crippen LogP contribution in [-0.2, 0) is 0 Å². The number of aromatic nitrogens is 3. The lowest BCUT2D eigenvalue weighted by molar-refractivity contribution is 0.0492. The minimum absolute atomic E-state index is 0.0548. The average molecular weight is 271 g/mol. The Morgan fingerprint density at radius 2 is 2.10 bits per heavy atom. The van der Waals surface area contributed by atoms with Crippen molar-refractivity contribution in [2.45, 2.75) is 6.04 Å². The molecule has 104 valence electrons. The van der Waals surface area contributed by atoms with E-state index in [0.29, 0.717) is 12.2 Å². The zero-order chi connectivity index (χ0) is 13.9. The van der Waals surface area contributed by atoms with Gasteiger partial charge in [-0.05, 0) is 12.6 Å². The van der Waals surface area contributed by atoms with Crippen LogP contribution in [0.3, 0.4) is 0 Å². The van der Waals surface area contributed by atoms with Gasteiger partial charge in [-0.2, -0.15) is 15.4 Å². The molecule has 0 bridgehead atoms. The molecule has 6 heteroatoms. The van der Waals surface area contributed by atoms with Crippen LogP contribution in [0, 0.1) is 0 Å². The number of rotatable bonds is 2. The molecule has 1 amide bonds. The largest absolute Gasteiger partial charge is 0.328 e. The molecule has 0 saturated carbocycles. The Bertz CT molecular complexity index is 569. The smallest absolute Gasteiger partial charge is 0.276 e. The lowest BCUT2D eigenvalue weighted by Gasteiger charge is -2.40. The third kappa shape index (κ3) is 2.42. The second-order valence-electron chi connectivity index (χ2n) is 5.04. The first-order valence-electron chi connectivity index (χ1n) is 6.66. The summed E-state index contributed by atoms with van der Waals surface area (Å²) in [5.74, 6) is -0.0688. The molecular weight excluding hydrogens is 254 g/mol. The van der Waals surface area contributed by atoms with Crippen LogP contribution in [0.5, 0.6) is 0 Å². The molecule has 1 aliphatic heterocycles. The van der Waals surface area contributed by atoms with Crippen LogP contribution in [0.1, 0.15) is 22.1 Å². The van der Waals surface area contributed by atoms with Crippen molar-refractivity contribution in [3.63, 3.8) is 0 Å². The molecular formula is C14H17N5O. The van der Waals surface area contributed by atoms with E-state index < -0.39 is 0 Å². The summed E-state index contributed by atoms with van der Waals surface area (Å²) >= 11 is 0. The van der Waals surface area contributed by atoms with E-state index in [4.69, 9.17) is 0 Å². The second kappa shape index (κ2) is 5.42. The monoisotopic (exact) mass is 271 g/mol. The molecule has 0 radical (unpaired) electrons. The van der Waals surface area contributed by atoms with E-state index in [9.17, 15) is 4.79 Å². The number of nitrogens with one attached hydrogen (secondary N) is 1. The predicted molar refractivity (Wildman–Crippen MR) is 74.1 cm³/mol. The molecule has 1 aliphatic rings. The quantitative estimate of drug-likeness (QED) is 0.882. The SMILES string of the molecule is CN1CCN(C(=O)c2cn[nH]n2)C(c2ccccc2)C1. The van der Waals surface area contributed by atoms with Crippen molar-refractivity contribution in [1.29, 1.82) is 0 Å². The maximum absolute atomic E-state index is 12.5. The number of carbonyl (C=O) groups is 1. The topological polar surface area (TPSA) is 65.1 Å². The van der Waals surface area contributed by atoms with Crippen LogP contribution in [-0.4, -0.2) is 57.8 Å². The second-order valence-corrected chi connectivity index (χ2v) is 5.04. The highest BCUT2D eigenvalue weighted by Crippen LogP contribution is 2.25. The van der Waals surface area contributed by atoms with Gasteiger partial charge in [0, 0.05) is 19.6 Å². The fourth-order valence-electron chi connectivity index (χ4n) is 2.57. The van der Waals surface area contributed by atoms with Crippen LogP contribution in [0.25, 0.3) is 0 Å². The first-order valence-corrected chi connectivity index (χ1v) is 6.66. The summed E-state index contributed by atoms with van der Waals surface area (Å²) in [7, 11) is 2.08. The van der Waals surface area contributed by atoms with E-state index in [2.05, 4.69) is 39.5 Å². The van der Waals surface area contributed by atoms with E-state index in [1.165, 1.54) is 6.20 Å². The molecule has 1 aromatic heterocycles. The molecule has 1 aromatic carbocycles.